The molecule has 2 aromatic heterocycles. The Labute approximate surface area is 134 Å². The van der Waals surface area contributed by atoms with Crippen molar-refractivity contribution in [2.75, 3.05) is 19.8 Å². The zero-order chi connectivity index (χ0) is 16.1. The molecule has 1 atom stereocenters. The van der Waals surface area contributed by atoms with Crippen molar-refractivity contribution in [2.24, 2.45) is 0 Å². The molecule has 1 aliphatic heterocycles. The van der Waals surface area contributed by atoms with E-state index < -0.39 is 0 Å². The van der Waals surface area contributed by atoms with E-state index in [4.69, 9.17) is 4.74 Å². The third-order valence-corrected chi connectivity index (χ3v) is 3.98. The minimum atomic E-state index is -0.0951. The second-order valence-corrected chi connectivity index (χ2v) is 5.46. The molecule has 0 saturated carbocycles. The van der Waals surface area contributed by atoms with E-state index in [2.05, 4.69) is 20.2 Å². The fraction of sp³-hybridized carbons (Fsp3) is 0.438. The van der Waals surface area contributed by atoms with E-state index in [-0.39, 0.29) is 11.9 Å². The third kappa shape index (κ3) is 3.68. The second kappa shape index (κ2) is 7.23. The zero-order valence-electron chi connectivity index (χ0n) is 13.1. The lowest BCUT2D eigenvalue weighted by Crippen LogP contribution is -2.49. The lowest BCUT2D eigenvalue weighted by molar-refractivity contribution is -0.00450. The van der Waals surface area contributed by atoms with Gasteiger partial charge in [-0.3, -0.25) is 14.8 Å². The fourth-order valence-electron chi connectivity index (χ4n) is 2.71. The van der Waals surface area contributed by atoms with Gasteiger partial charge in [-0.15, -0.1) is 5.10 Å². The van der Waals surface area contributed by atoms with E-state index >= 15 is 0 Å². The fourth-order valence-corrected chi connectivity index (χ4v) is 2.71. The maximum Gasteiger partial charge on any atom is 0.274 e. The molecule has 23 heavy (non-hydrogen) atoms. The number of nitrogens with zero attached hydrogens (tertiary/aromatic N) is 5. The predicted molar refractivity (Wildman–Crippen MR) is 82.8 cm³/mol. The summed E-state index contributed by atoms with van der Waals surface area (Å²) in [5.41, 5.74) is 2.26. The number of rotatable bonds is 4. The molecule has 120 valence electrons. The summed E-state index contributed by atoms with van der Waals surface area (Å²) in [4.78, 5) is 23.1. The van der Waals surface area contributed by atoms with Crippen molar-refractivity contribution in [1.82, 2.24) is 25.1 Å². The minimum Gasteiger partial charge on any atom is -0.377 e. The van der Waals surface area contributed by atoms with Crippen LogP contribution < -0.4 is 0 Å². The maximum absolute atomic E-state index is 12.6. The molecule has 0 aliphatic carbocycles. The van der Waals surface area contributed by atoms with Crippen LogP contribution in [-0.2, 0) is 11.2 Å². The summed E-state index contributed by atoms with van der Waals surface area (Å²) in [5, 5.41) is 7.70. The number of hydrogen-bond donors (Lipinski definition) is 0. The average Bonchev–Trinajstić information content (AvgIpc) is 2.61. The maximum atomic E-state index is 12.6. The van der Waals surface area contributed by atoms with Gasteiger partial charge >= 0.3 is 0 Å². The van der Waals surface area contributed by atoms with Gasteiger partial charge in [0.25, 0.3) is 5.91 Å². The van der Waals surface area contributed by atoms with Gasteiger partial charge in [0, 0.05) is 25.1 Å². The van der Waals surface area contributed by atoms with Crippen LogP contribution in [0.3, 0.4) is 0 Å². The summed E-state index contributed by atoms with van der Waals surface area (Å²) in [7, 11) is 0. The van der Waals surface area contributed by atoms with Crippen molar-refractivity contribution in [1.29, 1.82) is 0 Å². The summed E-state index contributed by atoms with van der Waals surface area (Å²) in [6, 6.07) is 3.42. The monoisotopic (exact) mass is 313 g/mol. The van der Waals surface area contributed by atoms with E-state index in [1.807, 2.05) is 11.8 Å². The Hall–Kier alpha value is -2.41. The van der Waals surface area contributed by atoms with Crippen LogP contribution in [0.5, 0.6) is 0 Å². The average molecular weight is 313 g/mol. The topological polar surface area (TPSA) is 81.1 Å². The summed E-state index contributed by atoms with van der Waals surface area (Å²) in [6.45, 7) is 3.60. The highest BCUT2D eigenvalue weighted by Gasteiger charge is 2.28. The Kier molecular flexibility index (Phi) is 4.87. The molecule has 0 radical (unpaired) electrons. The Morgan fingerprint density at radius 1 is 1.35 bits per heavy atom. The van der Waals surface area contributed by atoms with Gasteiger partial charge < -0.3 is 9.64 Å². The lowest BCUT2D eigenvalue weighted by atomic mass is 10.1. The first-order valence-corrected chi connectivity index (χ1v) is 7.68. The SMILES string of the molecule is Cc1nccnc1CCC1COCCN1C(=O)c1cccnn1. The quantitative estimate of drug-likeness (QED) is 0.839. The molecule has 0 N–H and O–H groups in total. The third-order valence-electron chi connectivity index (χ3n) is 3.98. The minimum absolute atomic E-state index is 0.0136. The normalized spacial score (nSPS) is 18.0. The first-order valence-electron chi connectivity index (χ1n) is 7.68. The molecule has 1 aliphatic rings. The Bertz CT molecular complexity index is 665. The van der Waals surface area contributed by atoms with E-state index in [1.54, 1.807) is 30.7 Å². The van der Waals surface area contributed by atoms with Crippen LogP contribution in [0.1, 0.15) is 28.3 Å². The zero-order valence-corrected chi connectivity index (χ0v) is 13.1. The van der Waals surface area contributed by atoms with Crippen LogP contribution in [-0.4, -0.2) is 56.8 Å². The van der Waals surface area contributed by atoms with Crippen LogP contribution in [0.4, 0.5) is 0 Å². The van der Waals surface area contributed by atoms with Crippen molar-refractivity contribution in [3.63, 3.8) is 0 Å². The molecule has 0 bridgehead atoms. The molecule has 1 saturated heterocycles. The molecule has 1 fully saturated rings. The molecule has 2 aromatic rings. The highest BCUT2D eigenvalue weighted by atomic mass is 16.5. The van der Waals surface area contributed by atoms with Crippen LogP contribution in [0.25, 0.3) is 0 Å². The largest absolute Gasteiger partial charge is 0.377 e. The number of aryl methyl sites for hydroxylation is 2. The van der Waals surface area contributed by atoms with Crippen LogP contribution >= 0.6 is 0 Å². The molecule has 7 nitrogen and oxygen atoms in total. The van der Waals surface area contributed by atoms with Gasteiger partial charge in [-0.1, -0.05) is 0 Å². The first-order chi connectivity index (χ1) is 11.3. The van der Waals surface area contributed by atoms with Gasteiger partial charge in [-0.2, -0.15) is 5.10 Å². The number of ether oxygens (including phenoxy) is 1. The number of amides is 1. The number of morpholine rings is 1. The first kappa shape index (κ1) is 15.5. The Morgan fingerprint density at radius 2 is 2.22 bits per heavy atom. The highest BCUT2D eigenvalue weighted by Crippen LogP contribution is 2.16. The molecular weight excluding hydrogens is 294 g/mol. The predicted octanol–water partition coefficient (Wildman–Crippen LogP) is 1.05. The number of hydrogen-bond acceptors (Lipinski definition) is 6. The van der Waals surface area contributed by atoms with Crippen LogP contribution in [0.15, 0.2) is 30.7 Å². The van der Waals surface area contributed by atoms with E-state index in [9.17, 15) is 4.79 Å². The molecule has 7 heteroatoms. The molecule has 0 aromatic carbocycles. The summed E-state index contributed by atoms with van der Waals surface area (Å²) in [6.07, 6.45) is 6.49. The number of carbonyl (C=O) groups excluding carboxylic acids is 1. The van der Waals surface area contributed by atoms with Gasteiger partial charge in [0.2, 0.25) is 0 Å². The summed E-state index contributed by atoms with van der Waals surface area (Å²) in [5.74, 6) is -0.0951. The van der Waals surface area contributed by atoms with Crippen molar-refractivity contribution in [2.45, 2.75) is 25.8 Å². The molecule has 1 unspecified atom stereocenters. The van der Waals surface area contributed by atoms with E-state index in [0.717, 1.165) is 24.2 Å². The number of carbonyl (C=O) groups is 1. The van der Waals surface area contributed by atoms with Gasteiger partial charge in [0.15, 0.2) is 5.69 Å². The van der Waals surface area contributed by atoms with Crippen LogP contribution in [0.2, 0.25) is 0 Å². The molecule has 1 amide bonds. The van der Waals surface area contributed by atoms with Gasteiger partial charge in [0.05, 0.1) is 30.6 Å². The molecule has 3 heterocycles. The molecule has 0 spiro atoms. The van der Waals surface area contributed by atoms with E-state index in [1.165, 1.54) is 0 Å². The van der Waals surface area contributed by atoms with Gasteiger partial charge in [0.1, 0.15) is 0 Å². The van der Waals surface area contributed by atoms with Gasteiger partial charge in [-0.25, -0.2) is 0 Å². The van der Waals surface area contributed by atoms with Crippen LogP contribution in [0, 0.1) is 6.92 Å². The second-order valence-electron chi connectivity index (χ2n) is 5.46. The van der Waals surface area contributed by atoms with Crippen molar-refractivity contribution in [3.8, 4) is 0 Å². The summed E-state index contributed by atoms with van der Waals surface area (Å²) >= 11 is 0. The molecule has 3 rings (SSSR count). The molecular formula is C16H19N5O2. The number of aromatic nitrogens is 4. The van der Waals surface area contributed by atoms with Gasteiger partial charge in [-0.05, 0) is 31.9 Å². The van der Waals surface area contributed by atoms with Crippen molar-refractivity contribution >= 4 is 5.91 Å². The lowest BCUT2D eigenvalue weighted by Gasteiger charge is -2.35. The smallest absolute Gasteiger partial charge is 0.274 e. The summed E-state index contributed by atoms with van der Waals surface area (Å²) < 4.78 is 5.55. The Morgan fingerprint density at radius 3 is 3.00 bits per heavy atom. The van der Waals surface area contributed by atoms with Crippen molar-refractivity contribution < 1.29 is 9.53 Å². The standard InChI is InChI=1S/C16H19N5O2/c1-12-14(18-8-7-17-12)5-4-13-11-23-10-9-21(13)16(22)15-3-2-6-19-20-15/h2-3,6-8,13H,4-5,9-11H2,1H3. The van der Waals surface area contributed by atoms with E-state index in [0.29, 0.717) is 25.5 Å². The highest BCUT2D eigenvalue weighted by molar-refractivity contribution is 5.92. The van der Waals surface area contributed by atoms with Crippen molar-refractivity contribution in [3.05, 3.63) is 47.8 Å². The Balaban J connectivity index is 1.69.